The molecule has 0 N–H and O–H groups in total. The van der Waals surface area contributed by atoms with Crippen LogP contribution < -0.4 is 4.74 Å². The largest absolute Gasteiger partial charge is 0.497 e. The van der Waals surface area contributed by atoms with Crippen LogP contribution in [0.5, 0.6) is 5.75 Å². The van der Waals surface area contributed by atoms with E-state index in [2.05, 4.69) is 26.2 Å². The molecule has 0 atom stereocenters. The Labute approximate surface area is 123 Å². The van der Waals surface area contributed by atoms with Gasteiger partial charge < -0.3 is 4.74 Å². The minimum atomic E-state index is -0.463. The average molecular weight is 336 g/mol. The van der Waals surface area contributed by atoms with Gasteiger partial charge in [0, 0.05) is 12.1 Å². The molecule has 6 nitrogen and oxygen atoms in total. The van der Waals surface area contributed by atoms with Crippen LogP contribution in [0.4, 0.5) is 17.1 Å². The number of hydrogen-bond acceptors (Lipinski definition) is 5. The Morgan fingerprint density at radius 3 is 2.40 bits per heavy atom. The van der Waals surface area contributed by atoms with Crippen molar-refractivity contribution in [3.05, 3.63) is 57.1 Å². The average Bonchev–Trinajstić information content (AvgIpc) is 2.46. The molecule has 0 bridgehead atoms. The number of nitrogens with zero attached hydrogens (tertiary/aromatic N) is 3. The molecule has 0 amide bonds. The first-order valence-electron chi connectivity index (χ1n) is 5.60. The van der Waals surface area contributed by atoms with E-state index in [0.29, 0.717) is 15.8 Å². The second-order valence-electron chi connectivity index (χ2n) is 3.79. The summed E-state index contributed by atoms with van der Waals surface area (Å²) in [6, 6.07) is 11.4. The lowest BCUT2D eigenvalue weighted by Crippen LogP contribution is -1.86. The van der Waals surface area contributed by atoms with E-state index in [0.717, 1.165) is 5.75 Å². The van der Waals surface area contributed by atoms with Crippen molar-refractivity contribution in [2.75, 3.05) is 7.11 Å². The Morgan fingerprint density at radius 1 is 1.15 bits per heavy atom. The molecule has 0 aliphatic rings. The van der Waals surface area contributed by atoms with Gasteiger partial charge in [0.05, 0.1) is 22.2 Å². The Morgan fingerprint density at radius 2 is 1.85 bits per heavy atom. The van der Waals surface area contributed by atoms with Crippen molar-refractivity contribution in [2.24, 2.45) is 10.2 Å². The number of nitro groups is 1. The lowest BCUT2D eigenvalue weighted by molar-refractivity contribution is -0.384. The first-order valence-corrected chi connectivity index (χ1v) is 6.39. The summed E-state index contributed by atoms with van der Waals surface area (Å²) in [6.45, 7) is 0. The van der Waals surface area contributed by atoms with Gasteiger partial charge in [0.15, 0.2) is 0 Å². The molecule has 0 heterocycles. The topological polar surface area (TPSA) is 77.1 Å². The lowest BCUT2D eigenvalue weighted by atomic mass is 10.3. The van der Waals surface area contributed by atoms with Gasteiger partial charge in [-0.25, -0.2) is 0 Å². The smallest absolute Gasteiger partial charge is 0.270 e. The molecule has 0 aromatic heterocycles. The van der Waals surface area contributed by atoms with Crippen LogP contribution in [-0.2, 0) is 0 Å². The molecule has 20 heavy (non-hydrogen) atoms. The zero-order valence-electron chi connectivity index (χ0n) is 10.5. The first-order chi connectivity index (χ1) is 9.60. The third-order valence-corrected chi connectivity index (χ3v) is 3.12. The summed E-state index contributed by atoms with van der Waals surface area (Å²) in [4.78, 5) is 10.2. The number of benzene rings is 2. The number of hydrogen-bond donors (Lipinski definition) is 0. The van der Waals surface area contributed by atoms with Crippen molar-refractivity contribution in [3.8, 4) is 5.75 Å². The van der Waals surface area contributed by atoms with Crippen LogP contribution in [0.2, 0.25) is 0 Å². The second-order valence-corrected chi connectivity index (χ2v) is 4.65. The Kier molecular flexibility index (Phi) is 4.41. The van der Waals surface area contributed by atoms with E-state index in [4.69, 9.17) is 4.74 Å². The molecular formula is C13H10BrN3O3. The zero-order valence-corrected chi connectivity index (χ0v) is 12.1. The molecule has 0 saturated heterocycles. The van der Waals surface area contributed by atoms with E-state index in [9.17, 15) is 10.1 Å². The summed E-state index contributed by atoms with van der Waals surface area (Å²) in [5.74, 6) is 0.737. The summed E-state index contributed by atoms with van der Waals surface area (Å²) >= 11 is 3.23. The fraction of sp³-hybridized carbons (Fsp3) is 0.0769. The van der Waals surface area contributed by atoms with Gasteiger partial charge in [-0.2, -0.15) is 5.11 Å². The highest BCUT2D eigenvalue weighted by Crippen LogP contribution is 2.30. The highest BCUT2D eigenvalue weighted by Gasteiger charge is 2.08. The van der Waals surface area contributed by atoms with Crippen molar-refractivity contribution >= 4 is 33.0 Å². The molecular weight excluding hydrogens is 326 g/mol. The second kappa shape index (κ2) is 6.25. The third-order valence-electron chi connectivity index (χ3n) is 2.49. The molecule has 0 unspecified atom stereocenters. The van der Waals surface area contributed by atoms with Crippen LogP contribution in [0.1, 0.15) is 0 Å². The van der Waals surface area contributed by atoms with Crippen molar-refractivity contribution in [3.63, 3.8) is 0 Å². The summed E-state index contributed by atoms with van der Waals surface area (Å²) < 4.78 is 5.56. The van der Waals surface area contributed by atoms with Crippen molar-refractivity contribution in [1.82, 2.24) is 0 Å². The van der Waals surface area contributed by atoms with Gasteiger partial charge in [-0.15, -0.1) is 5.11 Å². The van der Waals surface area contributed by atoms with Crippen LogP contribution in [0.25, 0.3) is 0 Å². The van der Waals surface area contributed by atoms with Crippen LogP contribution in [0.3, 0.4) is 0 Å². The number of azo groups is 1. The Bertz CT molecular complexity index is 656. The quantitative estimate of drug-likeness (QED) is 0.458. The van der Waals surface area contributed by atoms with Crippen molar-refractivity contribution in [1.29, 1.82) is 0 Å². The molecule has 102 valence electrons. The first kappa shape index (κ1) is 14.1. The van der Waals surface area contributed by atoms with Gasteiger partial charge in [0.25, 0.3) is 5.69 Å². The highest BCUT2D eigenvalue weighted by molar-refractivity contribution is 9.10. The van der Waals surface area contributed by atoms with Gasteiger partial charge in [0.2, 0.25) is 0 Å². The number of methoxy groups -OCH3 is 1. The SMILES string of the molecule is COc1ccc(N=Nc2ccc([N+](=O)[O-])cc2Br)cc1. The summed E-state index contributed by atoms with van der Waals surface area (Å²) in [7, 11) is 1.59. The molecule has 0 radical (unpaired) electrons. The molecule has 2 aromatic carbocycles. The highest BCUT2D eigenvalue weighted by atomic mass is 79.9. The monoisotopic (exact) mass is 335 g/mol. The van der Waals surface area contributed by atoms with Crippen molar-refractivity contribution in [2.45, 2.75) is 0 Å². The molecule has 0 spiro atoms. The van der Waals surface area contributed by atoms with E-state index in [1.165, 1.54) is 18.2 Å². The van der Waals surface area contributed by atoms with Gasteiger partial charge in [-0.3, -0.25) is 10.1 Å². The van der Waals surface area contributed by atoms with E-state index >= 15 is 0 Å². The van der Waals surface area contributed by atoms with E-state index in [1.807, 2.05) is 0 Å². The normalized spacial score (nSPS) is 10.7. The minimum absolute atomic E-state index is 0.000252. The number of rotatable bonds is 4. The predicted molar refractivity (Wildman–Crippen MR) is 78.0 cm³/mol. The minimum Gasteiger partial charge on any atom is -0.497 e. The van der Waals surface area contributed by atoms with Crippen LogP contribution in [-0.4, -0.2) is 12.0 Å². The maximum atomic E-state index is 10.6. The van der Waals surface area contributed by atoms with E-state index < -0.39 is 4.92 Å². The van der Waals surface area contributed by atoms with Gasteiger partial charge >= 0.3 is 0 Å². The fourth-order valence-corrected chi connectivity index (χ4v) is 1.90. The number of halogens is 1. The lowest BCUT2D eigenvalue weighted by Gasteiger charge is -1.99. The Balaban J connectivity index is 2.20. The molecule has 0 aliphatic heterocycles. The molecule has 0 saturated carbocycles. The maximum absolute atomic E-state index is 10.6. The zero-order chi connectivity index (χ0) is 14.5. The van der Waals surface area contributed by atoms with E-state index in [1.54, 1.807) is 31.4 Å². The van der Waals surface area contributed by atoms with Gasteiger partial charge in [-0.1, -0.05) is 0 Å². The molecule has 2 aromatic rings. The van der Waals surface area contributed by atoms with Crippen LogP contribution in [0, 0.1) is 10.1 Å². The molecule has 7 heteroatoms. The number of non-ortho nitro benzene ring substituents is 1. The molecule has 2 rings (SSSR count). The van der Waals surface area contributed by atoms with Gasteiger partial charge in [0.1, 0.15) is 11.4 Å². The van der Waals surface area contributed by atoms with E-state index in [-0.39, 0.29) is 5.69 Å². The maximum Gasteiger partial charge on any atom is 0.270 e. The van der Waals surface area contributed by atoms with Crippen molar-refractivity contribution < 1.29 is 9.66 Å². The Hall–Kier alpha value is -2.28. The van der Waals surface area contributed by atoms with Gasteiger partial charge in [-0.05, 0) is 46.3 Å². The number of ether oxygens (including phenoxy) is 1. The fourth-order valence-electron chi connectivity index (χ4n) is 1.45. The summed E-state index contributed by atoms with van der Waals surface area (Å²) in [5.41, 5.74) is 1.18. The molecule has 0 fully saturated rings. The summed E-state index contributed by atoms with van der Waals surface area (Å²) in [6.07, 6.45) is 0. The van der Waals surface area contributed by atoms with Crippen LogP contribution in [0.15, 0.2) is 57.2 Å². The molecule has 0 aliphatic carbocycles. The predicted octanol–water partition coefficient (Wildman–Crippen LogP) is 4.78. The standard InChI is InChI=1S/C13H10BrN3O3/c1-20-11-5-2-9(3-6-11)15-16-13-7-4-10(17(18)19)8-12(13)14/h2-8H,1H3. The van der Waals surface area contributed by atoms with Crippen LogP contribution >= 0.6 is 15.9 Å². The summed E-state index contributed by atoms with van der Waals surface area (Å²) in [5, 5.41) is 18.7. The number of nitro benzene ring substituents is 1. The third kappa shape index (κ3) is 3.39.